The van der Waals surface area contributed by atoms with E-state index in [4.69, 9.17) is 16.3 Å². The first-order chi connectivity index (χ1) is 16.9. The Morgan fingerprint density at radius 1 is 1.14 bits per heavy atom. The zero-order valence-corrected chi connectivity index (χ0v) is 20.3. The molecular weight excluding hydrogens is 470 g/mol. The molecule has 1 aliphatic heterocycles. The van der Waals surface area contributed by atoms with Crippen molar-refractivity contribution in [2.45, 2.75) is 6.54 Å². The number of hydrazone groups is 1. The van der Waals surface area contributed by atoms with Crippen molar-refractivity contribution < 1.29 is 9.66 Å². The first kappa shape index (κ1) is 24.4. The van der Waals surface area contributed by atoms with Gasteiger partial charge in [0, 0.05) is 57.4 Å². The molecule has 35 heavy (non-hydrogen) atoms. The summed E-state index contributed by atoms with van der Waals surface area (Å²) in [5.41, 5.74) is 1.53. The van der Waals surface area contributed by atoms with E-state index in [9.17, 15) is 10.1 Å². The summed E-state index contributed by atoms with van der Waals surface area (Å²) in [6.07, 6.45) is 2.86. The maximum Gasteiger partial charge on any atom is 0.373 e. The van der Waals surface area contributed by atoms with E-state index >= 15 is 0 Å². The van der Waals surface area contributed by atoms with Crippen molar-refractivity contribution in [1.82, 2.24) is 19.9 Å². The highest BCUT2D eigenvalue weighted by molar-refractivity contribution is 6.30. The summed E-state index contributed by atoms with van der Waals surface area (Å²) in [4.78, 5) is 24.2. The van der Waals surface area contributed by atoms with E-state index in [-0.39, 0.29) is 17.4 Å². The molecule has 1 aliphatic rings. The summed E-state index contributed by atoms with van der Waals surface area (Å²) < 4.78 is 5.92. The summed E-state index contributed by atoms with van der Waals surface area (Å²) in [5.74, 6) is 0.464. The molecule has 3 aromatic rings. The van der Waals surface area contributed by atoms with Crippen molar-refractivity contribution in [1.29, 1.82) is 0 Å². The zero-order chi connectivity index (χ0) is 24.8. The van der Waals surface area contributed by atoms with Crippen LogP contribution in [0.25, 0.3) is 0 Å². The SMILES string of the molecule is CN(C)N=Cc1cc(Cl)ccc1Oc1ncnc(N2CCN(Cc3ccccc3)CC2)c1[N+](=O)[O-]. The number of ether oxygens (including phenoxy) is 1. The van der Waals surface area contributed by atoms with Crippen LogP contribution in [0.1, 0.15) is 11.1 Å². The quantitative estimate of drug-likeness (QED) is 0.262. The lowest BCUT2D eigenvalue weighted by Crippen LogP contribution is -2.46. The van der Waals surface area contributed by atoms with Gasteiger partial charge in [0.05, 0.1) is 11.1 Å². The van der Waals surface area contributed by atoms with Gasteiger partial charge in [0.15, 0.2) is 0 Å². The normalized spacial score (nSPS) is 14.3. The van der Waals surface area contributed by atoms with Gasteiger partial charge >= 0.3 is 11.6 Å². The zero-order valence-electron chi connectivity index (χ0n) is 19.5. The number of aromatic nitrogens is 2. The molecule has 1 fully saturated rings. The number of piperazine rings is 1. The highest BCUT2D eigenvalue weighted by Gasteiger charge is 2.31. The molecule has 11 heteroatoms. The maximum absolute atomic E-state index is 12.1. The third-order valence-electron chi connectivity index (χ3n) is 5.48. The van der Waals surface area contributed by atoms with E-state index in [1.807, 2.05) is 23.1 Å². The van der Waals surface area contributed by atoms with Crippen LogP contribution in [0.5, 0.6) is 11.6 Å². The minimum Gasteiger partial charge on any atom is -0.433 e. The van der Waals surface area contributed by atoms with Gasteiger partial charge < -0.3 is 14.6 Å². The Morgan fingerprint density at radius 2 is 1.89 bits per heavy atom. The van der Waals surface area contributed by atoms with E-state index in [0.29, 0.717) is 29.4 Å². The average molecular weight is 496 g/mol. The standard InChI is InChI=1S/C24H26ClN7O3/c1-29(2)28-15-19-14-20(25)8-9-21(19)35-24-22(32(33)34)23(26-17-27-24)31-12-10-30(11-13-31)16-18-6-4-3-5-7-18/h3-9,14-15,17H,10-13,16H2,1-2H3. The van der Waals surface area contributed by atoms with Crippen molar-refractivity contribution in [2.75, 3.05) is 45.2 Å². The Balaban J connectivity index is 1.55. The Bertz CT molecular complexity index is 1200. The second kappa shape index (κ2) is 11.1. The third-order valence-corrected chi connectivity index (χ3v) is 5.71. The molecule has 2 aromatic carbocycles. The van der Waals surface area contributed by atoms with Gasteiger partial charge in [-0.1, -0.05) is 41.9 Å². The van der Waals surface area contributed by atoms with Gasteiger partial charge in [-0.05, 0) is 23.8 Å². The van der Waals surface area contributed by atoms with Crippen molar-refractivity contribution >= 4 is 29.3 Å². The van der Waals surface area contributed by atoms with Gasteiger partial charge in [-0.25, -0.2) is 4.98 Å². The number of nitrogens with zero attached hydrogens (tertiary/aromatic N) is 7. The van der Waals surface area contributed by atoms with Gasteiger partial charge in [0.25, 0.3) is 0 Å². The van der Waals surface area contributed by atoms with Crippen LogP contribution >= 0.6 is 11.6 Å². The lowest BCUT2D eigenvalue weighted by atomic mass is 10.2. The molecule has 4 rings (SSSR count). The first-order valence-corrected chi connectivity index (χ1v) is 11.5. The van der Waals surface area contributed by atoms with Crippen molar-refractivity contribution in [3.8, 4) is 11.6 Å². The lowest BCUT2D eigenvalue weighted by Gasteiger charge is -2.35. The molecule has 0 atom stereocenters. The van der Waals surface area contributed by atoms with Crippen molar-refractivity contribution in [3.63, 3.8) is 0 Å². The number of benzene rings is 2. The predicted molar refractivity (Wildman–Crippen MR) is 135 cm³/mol. The first-order valence-electron chi connectivity index (χ1n) is 11.1. The van der Waals surface area contributed by atoms with Crippen LogP contribution in [-0.2, 0) is 6.54 Å². The van der Waals surface area contributed by atoms with Crippen molar-refractivity contribution in [3.05, 3.63) is 81.1 Å². The molecule has 0 unspecified atom stereocenters. The molecule has 1 saturated heterocycles. The second-order valence-corrected chi connectivity index (χ2v) is 8.67. The number of halogens is 1. The topological polar surface area (TPSA) is 100 Å². The highest BCUT2D eigenvalue weighted by atomic mass is 35.5. The van der Waals surface area contributed by atoms with Crippen LogP contribution in [0.3, 0.4) is 0 Å². The van der Waals surface area contributed by atoms with E-state index in [0.717, 1.165) is 19.6 Å². The number of anilines is 1. The van der Waals surface area contributed by atoms with Crippen LogP contribution in [0, 0.1) is 10.1 Å². The van der Waals surface area contributed by atoms with Crippen LogP contribution < -0.4 is 9.64 Å². The summed E-state index contributed by atoms with van der Waals surface area (Å²) in [6, 6.07) is 15.2. The van der Waals surface area contributed by atoms with E-state index < -0.39 is 4.92 Å². The predicted octanol–water partition coefficient (Wildman–Crippen LogP) is 4.05. The number of hydrogen-bond acceptors (Lipinski definition) is 9. The number of nitro groups is 1. The Hall–Kier alpha value is -3.76. The fourth-order valence-electron chi connectivity index (χ4n) is 3.77. The van der Waals surface area contributed by atoms with Gasteiger partial charge in [-0.3, -0.25) is 15.0 Å². The molecule has 0 N–H and O–H groups in total. The molecule has 182 valence electrons. The van der Waals surface area contributed by atoms with Crippen LogP contribution in [0.15, 0.2) is 60.0 Å². The van der Waals surface area contributed by atoms with E-state index in [1.165, 1.54) is 11.9 Å². The smallest absolute Gasteiger partial charge is 0.373 e. The van der Waals surface area contributed by atoms with Crippen LogP contribution in [-0.4, -0.2) is 71.3 Å². The van der Waals surface area contributed by atoms with Gasteiger partial charge in [-0.2, -0.15) is 10.1 Å². The number of hydrogen-bond donors (Lipinski definition) is 0. The summed E-state index contributed by atoms with van der Waals surface area (Å²) in [5, 5.41) is 18.4. The van der Waals surface area contributed by atoms with Gasteiger partial charge in [0.2, 0.25) is 5.82 Å². The van der Waals surface area contributed by atoms with Crippen LogP contribution in [0.2, 0.25) is 5.02 Å². The summed E-state index contributed by atoms with van der Waals surface area (Å²) in [6.45, 7) is 3.56. The molecule has 0 bridgehead atoms. The largest absolute Gasteiger partial charge is 0.433 e. The molecule has 10 nitrogen and oxygen atoms in total. The van der Waals surface area contributed by atoms with Gasteiger partial charge in [0.1, 0.15) is 12.1 Å². The molecule has 0 amide bonds. The minimum atomic E-state index is -0.496. The molecule has 0 spiro atoms. The van der Waals surface area contributed by atoms with Crippen molar-refractivity contribution in [2.24, 2.45) is 5.10 Å². The van der Waals surface area contributed by atoms with Crippen LogP contribution in [0.4, 0.5) is 11.5 Å². The van der Waals surface area contributed by atoms with E-state index in [2.05, 4.69) is 32.1 Å². The molecule has 0 saturated carbocycles. The number of rotatable bonds is 8. The lowest BCUT2D eigenvalue weighted by molar-refractivity contribution is -0.385. The summed E-state index contributed by atoms with van der Waals surface area (Å²) >= 11 is 6.13. The second-order valence-electron chi connectivity index (χ2n) is 8.23. The molecule has 2 heterocycles. The Morgan fingerprint density at radius 3 is 2.57 bits per heavy atom. The molecule has 0 radical (unpaired) electrons. The van der Waals surface area contributed by atoms with E-state index in [1.54, 1.807) is 43.5 Å². The fraction of sp³-hybridized carbons (Fsp3) is 0.292. The Labute approximate surface area is 208 Å². The highest BCUT2D eigenvalue weighted by Crippen LogP contribution is 2.37. The fourth-order valence-corrected chi connectivity index (χ4v) is 3.95. The minimum absolute atomic E-state index is 0.131. The molecule has 1 aromatic heterocycles. The van der Waals surface area contributed by atoms with Gasteiger partial charge in [-0.15, -0.1) is 0 Å². The third kappa shape index (κ3) is 6.23. The Kier molecular flexibility index (Phi) is 7.74. The maximum atomic E-state index is 12.1. The summed E-state index contributed by atoms with van der Waals surface area (Å²) in [7, 11) is 3.56. The molecule has 0 aliphatic carbocycles. The monoisotopic (exact) mass is 495 g/mol. The molecular formula is C24H26ClN7O3. The average Bonchev–Trinajstić information content (AvgIpc) is 2.85.